The molecular formula is C24H34O2. The second kappa shape index (κ2) is 6.06. The fourth-order valence-corrected chi connectivity index (χ4v) is 8.34. The van der Waals surface area contributed by atoms with E-state index in [4.69, 9.17) is 4.74 Å². The molecule has 1 heterocycles. The molecule has 1 spiro atoms. The summed E-state index contributed by atoms with van der Waals surface area (Å²) in [5, 5.41) is 0. The van der Waals surface area contributed by atoms with E-state index in [1.165, 1.54) is 50.5 Å². The van der Waals surface area contributed by atoms with Gasteiger partial charge in [0.2, 0.25) is 0 Å². The van der Waals surface area contributed by atoms with Crippen LogP contribution in [0.5, 0.6) is 0 Å². The largest absolute Gasteiger partial charge is 0.366 e. The summed E-state index contributed by atoms with van der Waals surface area (Å²) in [6.07, 6.45) is 17.6. The molecule has 0 radical (unpaired) electrons. The first-order valence-electron chi connectivity index (χ1n) is 11.2. The van der Waals surface area contributed by atoms with Gasteiger partial charge in [0.1, 0.15) is 0 Å². The van der Waals surface area contributed by atoms with E-state index < -0.39 is 0 Å². The minimum Gasteiger partial charge on any atom is -0.366 e. The van der Waals surface area contributed by atoms with Crippen molar-refractivity contribution in [2.45, 2.75) is 77.2 Å². The van der Waals surface area contributed by atoms with Crippen molar-refractivity contribution in [3.8, 4) is 0 Å². The first kappa shape index (κ1) is 17.2. The van der Waals surface area contributed by atoms with Crippen LogP contribution < -0.4 is 0 Å². The minimum absolute atomic E-state index is 0.0360. The van der Waals surface area contributed by atoms with E-state index in [-0.39, 0.29) is 5.60 Å². The first-order chi connectivity index (χ1) is 12.6. The second-order valence-corrected chi connectivity index (χ2v) is 9.74. The van der Waals surface area contributed by atoms with Gasteiger partial charge in [-0.15, -0.1) is 0 Å². The van der Waals surface area contributed by atoms with Crippen molar-refractivity contribution in [1.29, 1.82) is 0 Å². The molecule has 0 amide bonds. The predicted octanol–water partition coefficient (Wildman–Crippen LogP) is 5.48. The normalized spacial score (nSPS) is 49.7. The molecule has 4 aliphatic carbocycles. The fraction of sp³-hybridized carbons (Fsp3) is 0.792. The Labute approximate surface area is 158 Å². The lowest BCUT2D eigenvalue weighted by atomic mass is 9.47. The van der Waals surface area contributed by atoms with Gasteiger partial charge in [-0.3, -0.25) is 4.79 Å². The SMILES string of the molecule is CC[C@@H]1CC2=CC(=O)CC[C@@H]2C2CC[C@@]3(CC)C(CC[C@@]34C=CCO4)C21. The number of hydrogen-bond acceptors (Lipinski definition) is 2. The van der Waals surface area contributed by atoms with Gasteiger partial charge in [0.05, 0.1) is 12.2 Å². The van der Waals surface area contributed by atoms with Crippen molar-refractivity contribution in [3.05, 3.63) is 23.8 Å². The van der Waals surface area contributed by atoms with Crippen LogP contribution in [0.15, 0.2) is 23.8 Å². The summed E-state index contributed by atoms with van der Waals surface area (Å²) in [6, 6.07) is 0. The summed E-state index contributed by atoms with van der Waals surface area (Å²) >= 11 is 0. The van der Waals surface area contributed by atoms with Gasteiger partial charge in [0.15, 0.2) is 5.78 Å². The van der Waals surface area contributed by atoms with Gasteiger partial charge in [-0.25, -0.2) is 0 Å². The highest BCUT2D eigenvalue weighted by molar-refractivity contribution is 5.91. The molecule has 0 bridgehead atoms. The van der Waals surface area contributed by atoms with E-state index in [1.54, 1.807) is 0 Å². The Kier molecular flexibility index (Phi) is 4.01. The molecule has 0 aromatic heterocycles. The third-order valence-corrected chi connectivity index (χ3v) is 9.33. The van der Waals surface area contributed by atoms with Crippen LogP contribution in [-0.2, 0) is 9.53 Å². The molecule has 0 aromatic carbocycles. The van der Waals surface area contributed by atoms with Crippen molar-refractivity contribution in [1.82, 2.24) is 0 Å². The monoisotopic (exact) mass is 354 g/mol. The number of allylic oxidation sites excluding steroid dienone is 1. The van der Waals surface area contributed by atoms with Gasteiger partial charge in [0, 0.05) is 11.8 Å². The molecule has 5 aliphatic rings. The molecule has 0 N–H and O–H groups in total. The molecule has 142 valence electrons. The van der Waals surface area contributed by atoms with Gasteiger partial charge >= 0.3 is 0 Å². The first-order valence-corrected chi connectivity index (χ1v) is 11.2. The molecule has 5 rings (SSSR count). The van der Waals surface area contributed by atoms with Crippen LogP contribution in [0.4, 0.5) is 0 Å². The van der Waals surface area contributed by atoms with Crippen LogP contribution in [-0.4, -0.2) is 18.0 Å². The number of hydrogen-bond donors (Lipinski definition) is 0. The zero-order valence-electron chi connectivity index (χ0n) is 16.5. The van der Waals surface area contributed by atoms with Crippen LogP contribution in [0.1, 0.15) is 71.6 Å². The quantitative estimate of drug-likeness (QED) is 0.614. The lowest BCUT2D eigenvalue weighted by molar-refractivity contribution is -0.134. The summed E-state index contributed by atoms with van der Waals surface area (Å²) in [7, 11) is 0. The van der Waals surface area contributed by atoms with Gasteiger partial charge in [0.25, 0.3) is 0 Å². The number of fused-ring (bicyclic) bond motifs is 6. The Morgan fingerprint density at radius 3 is 2.81 bits per heavy atom. The fourth-order valence-electron chi connectivity index (χ4n) is 8.34. The van der Waals surface area contributed by atoms with Gasteiger partial charge in [-0.05, 0) is 80.6 Å². The van der Waals surface area contributed by atoms with E-state index in [1.807, 2.05) is 6.08 Å². The minimum atomic E-state index is 0.0360. The van der Waals surface area contributed by atoms with Crippen molar-refractivity contribution in [3.63, 3.8) is 0 Å². The molecule has 3 fully saturated rings. The maximum atomic E-state index is 12.0. The Morgan fingerprint density at radius 2 is 2.08 bits per heavy atom. The van der Waals surface area contributed by atoms with Crippen LogP contribution in [0.3, 0.4) is 0 Å². The van der Waals surface area contributed by atoms with Crippen molar-refractivity contribution >= 4 is 5.78 Å². The number of carbonyl (C=O) groups is 1. The third-order valence-electron chi connectivity index (χ3n) is 9.33. The smallest absolute Gasteiger partial charge is 0.155 e. The highest BCUT2D eigenvalue weighted by Crippen LogP contribution is 2.69. The zero-order chi connectivity index (χ0) is 17.9. The summed E-state index contributed by atoms with van der Waals surface area (Å²) < 4.78 is 6.47. The third kappa shape index (κ3) is 2.11. The average Bonchev–Trinajstić information content (AvgIpc) is 3.27. The van der Waals surface area contributed by atoms with E-state index in [9.17, 15) is 4.79 Å². The summed E-state index contributed by atoms with van der Waals surface area (Å²) in [4.78, 5) is 12.0. The summed E-state index contributed by atoms with van der Waals surface area (Å²) in [5.74, 6) is 4.34. The highest BCUT2D eigenvalue weighted by atomic mass is 16.5. The summed E-state index contributed by atoms with van der Waals surface area (Å²) in [6.45, 7) is 5.62. The molecule has 1 aliphatic heterocycles. The van der Waals surface area contributed by atoms with Gasteiger partial charge in [-0.1, -0.05) is 38.0 Å². The summed E-state index contributed by atoms with van der Waals surface area (Å²) in [5.41, 5.74) is 1.91. The number of ether oxygens (including phenoxy) is 1. The van der Waals surface area contributed by atoms with Crippen molar-refractivity contribution < 1.29 is 9.53 Å². The topological polar surface area (TPSA) is 26.3 Å². The van der Waals surface area contributed by atoms with Crippen molar-refractivity contribution in [2.24, 2.45) is 35.0 Å². The van der Waals surface area contributed by atoms with Crippen LogP contribution in [0.25, 0.3) is 0 Å². The lowest BCUT2D eigenvalue weighted by Crippen LogP contribution is -2.55. The standard InChI is InChI=1S/C24H34O2/c1-3-16-14-17-15-18(25)6-7-19(17)20-8-11-23(4-2)21(22(16)20)9-12-24(23)10-5-13-26-24/h5,10,15-16,19-22H,3-4,6-9,11-14H2,1-2H3/t16-,19+,20?,21?,22?,23+,24+/m1/s1. The van der Waals surface area contributed by atoms with E-state index in [2.05, 4.69) is 26.0 Å². The molecule has 26 heavy (non-hydrogen) atoms. The Bertz CT molecular complexity index is 661. The van der Waals surface area contributed by atoms with E-state index >= 15 is 0 Å². The molecule has 3 unspecified atom stereocenters. The van der Waals surface area contributed by atoms with Gasteiger partial charge in [-0.2, -0.15) is 0 Å². The average molecular weight is 355 g/mol. The molecule has 2 heteroatoms. The Morgan fingerprint density at radius 1 is 1.19 bits per heavy atom. The second-order valence-electron chi connectivity index (χ2n) is 9.74. The zero-order valence-corrected chi connectivity index (χ0v) is 16.5. The van der Waals surface area contributed by atoms with Crippen LogP contribution >= 0.6 is 0 Å². The van der Waals surface area contributed by atoms with Crippen LogP contribution in [0.2, 0.25) is 0 Å². The van der Waals surface area contributed by atoms with Crippen LogP contribution in [0, 0.1) is 35.0 Å². The maximum absolute atomic E-state index is 12.0. The van der Waals surface area contributed by atoms with E-state index in [0.29, 0.717) is 17.1 Å². The molecule has 3 saturated carbocycles. The Balaban J connectivity index is 1.54. The molecule has 0 saturated heterocycles. The molecule has 7 atom stereocenters. The maximum Gasteiger partial charge on any atom is 0.155 e. The highest BCUT2D eigenvalue weighted by Gasteiger charge is 2.65. The van der Waals surface area contributed by atoms with Crippen molar-refractivity contribution in [2.75, 3.05) is 6.61 Å². The molecule has 0 aromatic rings. The molecular weight excluding hydrogens is 320 g/mol. The number of rotatable bonds is 2. The predicted molar refractivity (Wildman–Crippen MR) is 104 cm³/mol. The number of ketones is 1. The molecule has 2 nitrogen and oxygen atoms in total. The van der Waals surface area contributed by atoms with Gasteiger partial charge < -0.3 is 4.74 Å². The lowest BCUT2D eigenvalue weighted by Gasteiger charge is -2.59. The van der Waals surface area contributed by atoms with E-state index in [0.717, 1.165) is 43.1 Å². The number of carbonyl (C=O) groups excluding carboxylic acids is 1. The Hall–Kier alpha value is -0.890.